The first kappa shape index (κ1) is 10.2. The first-order valence-corrected chi connectivity index (χ1v) is 5.25. The molecule has 15 heavy (non-hydrogen) atoms. The third-order valence-corrected chi connectivity index (χ3v) is 2.49. The minimum Gasteiger partial charge on any atom is -0.287 e. The average molecular weight is 223 g/mol. The van der Waals surface area contributed by atoms with Gasteiger partial charge in [-0.05, 0) is 24.6 Å². The SMILES string of the molecule is CCCn1ncc(=O)c2cc(Cl)ccc21. The predicted octanol–water partition coefficient (Wildman–Crippen LogP) is 2.46. The lowest BCUT2D eigenvalue weighted by atomic mass is 10.2. The molecule has 0 spiro atoms. The summed E-state index contributed by atoms with van der Waals surface area (Å²) in [4.78, 5) is 11.6. The van der Waals surface area contributed by atoms with Crippen molar-refractivity contribution in [2.24, 2.45) is 0 Å². The van der Waals surface area contributed by atoms with E-state index in [1.807, 2.05) is 10.7 Å². The van der Waals surface area contributed by atoms with Gasteiger partial charge >= 0.3 is 0 Å². The molecule has 1 aromatic carbocycles. The second-order valence-corrected chi connectivity index (χ2v) is 3.83. The van der Waals surface area contributed by atoms with Crippen molar-refractivity contribution < 1.29 is 0 Å². The van der Waals surface area contributed by atoms with E-state index in [4.69, 9.17) is 11.6 Å². The van der Waals surface area contributed by atoms with Crippen LogP contribution in [0.15, 0.2) is 29.2 Å². The Morgan fingerprint density at radius 1 is 1.47 bits per heavy atom. The molecule has 0 unspecified atom stereocenters. The molecule has 0 atom stereocenters. The molecule has 0 saturated carbocycles. The summed E-state index contributed by atoms with van der Waals surface area (Å²) in [6.45, 7) is 2.87. The van der Waals surface area contributed by atoms with Gasteiger partial charge in [0.25, 0.3) is 0 Å². The quantitative estimate of drug-likeness (QED) is 0.783. The van der Waals surface area contributed by atoms with Gasteiger partial charge in [-0.1, -0.05) is 18.5 Å². The molecule has 2 rings (SSSR count). The standard InChI is InChI=1S/C11H11ClN2O/c1-2-5-14-10-4-3-8(12)6-9(10)11(15)7-13-14/h3-4,6-7H,2,5H2,1H3. The first-order chi connectivity index (χ1) is 7.22. The minimum absolute atomic E-state index is 0.0835. The van der Waals surface area contributed by atoms with Gasteiger partial charge in [0.2, 0.25) is 5.43 Å². The number of hydrogen-bond donors (Lipinski definition) is 0. The van der Waals surface area contributed by atoms with E-state index >= 15 is 0 Å². The highest BCUT2D eigenvalue weighted by Gasteiger charge is 2.03. The summed E-state index contributed by atoms with van der Waals surface area (Å²) in [7, 11) is 0. The molecule has 0 fully saturated rings. The summed E-state index contributed by atoms with van der Waals surface area (Å²) in [5, 5.41) is 5.30. The van der Waals surface area contributed by atoms with Crippen LogP contribution < -0.4 is 5.43 Å². The molecule has 0 saturated heterocycles. The van der Waals surface area contributed by atoms with Crippen molar-refractivity contribution in [3.63, 3.8) is 0 Å². The van der Waals surface area contributed by atoms with Crippen LogP contribution in [0.25, 0.3) is 10.9 Å². The molecule has 3 nitrogen and oxygen atoms in total. The fourth-order valence-electron chi connectivity index (χ4n) is 1.57. The van der Waals surface area contributed by atoms with E-state index in [9.17, 15) is 4.79 Å². The summed E-state index contributed by atoms with van der Waals surface area (Å²) in [5.41, 5.74) is 0.758. The Balaban J connectivity index is 2.76. The molecular formula is C11H11ClN2O. The zero-order valence-electron chi connectivity index (χ0n) is 8.40. The molecular weight excluding hydrogens is 212 g/mol. The number of fused-ring (bicyclic) bond motifs is 1. The summed E-state index contributed by atoms with van der Waals surface area (Å²) in [6, 6.07) is 5.30. The number of aromatic nitrogens is 2. The first-order valence-electron chi connectivity index (χ1n) is 4.87. The Morgan fingerprint density at radius 2 is 2.27 bits per heavy atom. The van der Waals surface area contributed by atoms with Gasteiger partial charge in [-0.25, -0.2) is 0 Å². The fraction of sp³-hybridized carbons (Fsp3) is 0.273. The van der Waals surface area contributed by atoms with Crippen LogP contribution in [0, 0.1) is 0 Å². The molecule has 2 aromatic rings. The Kier molecular flexibility index (Phi) is 2.73. The van der Waals surface area contributed by atoms with Crippen molar-refractivity contribution in [1.82, 2.24) is 9.78 Å². The van der Waals surface area contributed by atoms with Gasteiger partial charge in [0.15, 0.2) is 0 Å². The van der Waals surface area contributed by atoms with E-state index < -0.39 is 0 Å². The third kappa shape index (κ3) is 1.88. The molecule has 0 N–H and O–H groups in total. The van der Waals surface area contributed by atoms with Crippen molar-refractivity contribution in [3.8, 4) is 0 Å². The molecule has 0 aliphatic rings. The highest BCUT2D eigenvalue weighted by molar-refractivity contribution is 6.31. The maximum Gasteiger partial charge on any atom is 0.208 e. The molecule has 1 heterocycles. The molecule has 0 aliphatic carbocycles. The van der Waals surface area contributed by atoms with Crippen molar-refractivity contribution in [2.45, 2.75) is 19.9 Å². The lowest BCUT2D eigenvalue weighted by Gasteiger charge is -2.07. The molecule has 4 heteroatoms. The van der Waals surface area contributed by atoms with Gasteiger partial charge in [0, 0.05) is 11.6 Å². The van der Waals surface area contributed by atoms with Gasteiger partial charge in [0.05, 0.1) is 17.1 Å². The van der Waals surface area contributed by atoms with Crippen LogP contribution >= 0.6 is 11.6 Å². The number of hydrogen-bond acceptors (Lipinski definition) is 2. The maximum atomic E-state index is 11.6. The van der Waals surface area contributed by atoms with E-state index in [0.29, 0.717) is 10.4 Å². The monoisotopic (exact) mass is 222 g/mol. The number of benzene rings is 1. The second-order valence-electron chi connectivity index (χ2n) is 3.39. The van der Waals surface area contributed by atoms with Gasteiger partial charge in [0.1, 0.15) is 0 Å². The fourth-order valence-corrected chi connectivity index (χ4v) is 1.75. The van der Waals surface area contributed by atoms with E-state index in [0.717, 1.165) is 18.5 Å². The van der Waals surface area contributed by atoms with Crippen molar-refractivity contribution in [1.29, 1.82) is 0 Å². The van der Waals surface area contributed by atoms with Gasteiger partial charge < -0.3 is 0 Å². The lowest BCUT2D eigenvalue weighted by Crippen LogP contribution is -2.11. The molecule has 0 amide bonds. The molecule has 0 radical (unpaired) electrons. The Hall–Kier alpha value is -1.35. The van der Waals surface area contributed by atoms with Crippen LogP contribution in [0.3, 0.4) is 0 Å². The topological polar surface area (TPSA) is 34.9 Å². The highest BCUT2D eigenvalue weighted by atomic mass is 35.5. The third-order valence-electron chi connectivity index (χ3n) is 2.25. The van der Waals surface area contributed by atoms with E-state index in [2.05, 4.69) is 12.0 Å². The second kappa shape index (κ2) is 4.03. The normalized spacial score (nSPS) is 10.8. The van der Waals surface area contributed by atoms with Crippen molar-refractivity contribution in [3.05, 3.63) is 39.6 Å². The lowest BCUT2D eigenvalue weighted by molar-refractivity contribution is 0.611. The zero-order valence-corrected chi connectivity index (χ0v) is 9.16. The van der Waals surface area contributed by atoms with Crippen LogP contribution in [-0.2, 0) is 6.54 Å². The van der Waals surface area contributed by atoms with Crippen molar-refractivity contribution in [2.75, 3.05) is 0 Å². The van der Waals surface area contributed by atoms with E-state index in [1.54, 1.807) is 12.1 Å². The van der Waals surface area contributed by atoms with Gasteiger partial charge in [-0.15, -0.1) is 0 Å². The van der Waals surface area contributed by atoms with Gasteiger partial charge in [-0.3, -0.25) is 9.48 Å². The molecule has 0 bridgehead atoms. The number of aryl methyl sites for hydroxylation is 1. The van der Waals surface area contributed by atoms with Crippen LogP contribution in [0.5, 0.6) is 0 Å². The van der Waals surface area contributed by atoms with Crippen LogP contribution in [-0.4, -0.2) is 9.78 Å². The van der Waals surface area contributed by atoms with E-state index in [1.165, 1.54) is 6.20 Å². The maximum absolute atomic E-state index is 11.6. The molecule has 0 aliphatic heterocycles. The van der Waals surface area contributed by atoms with Crippen LogP contribution in [0.4, 0.5) is 0 Å². The Bertz CT molecular complexity index is 548. The zero-order chi connectivity index (χ0) is 10.8. The highest BCUT2D eigenvalue weighted by Crippen LogP contribution is 2.15. The summed E-state index contributed by atoms with van der Waals surface area (Å²) in [6.07, 6.45) is 2.32. The number of halogens is 1. The summed E-state index contributed by atoms with van der Waals surface area (Å²) >= 11 is 5.85. The smallest absolute Gasteiger partial charge is 0.208 e. The van der Waals surface area contributed by atoms with Crippen LogP contribution in [0.1, 0.15) is 13.3 Å². The van der Waals surface area contributed by atoms with Gasteiger partial charge in [-0.2, -0.15) is 5.10 Å². The summed E-state index contributed by atoms with van der Waals surface area (Å²) in [5.74, 6) is 0. The average Bonchev–Trinajstić information content (AvgIpc) is 2.23. The largest absolute Gasteiger partial charge is 0.287 e. The van der Waals surface area contributed by atoms with Crippen molar-refractivity contribution >= 4 is 22.5 Å². The molecule has 1 aromatic heterocycles. The summed E-state index contributed by atoms with van der Waals surface area (Å²) < 4.78 is 1.83. The number of nitrogens with zero attached hydrogens (tertiary/aromatic N) is 2. The minimum atomic E-state index is -0.0835. The Labute approximate surface area is 92.3 Å². The van der Waals surface area contributed by atoms with E-state index in [-0.39, 0.29) is 5.43 Å². The Morgan fingerprint density at radius 3 is 3.00 bits per heavy atom. The van der Waals surface area contributed by atoms with Crippen LogP contribution in [0.2, 0.25) is 5.02 Å². The predicted molar refractivity (Wildman–Crippen MR) is 61.3 cm³/mol. The molecule has 78 valence electrons. The number of rotatable bonds is 2.